The zero-order valence-corrected chi connectivity index (χ0v) is 19.3. The third-order valence-corrected chi connectivity index (χ3v) is 6.93. The Morgan fingerprint density at radius 1 is 1.31 bits per heavy atom. The molecule has 2 aromatic heterocycles. The molecule has 0 spiro atoms. The van der Waals surface area contributed by atoms with Gasteiger partial charge in [-0.15, -0.1) is 0 Å². The molecule has 1 aliphatic heterocycles. The Hall–Kier alpha value is -3.08. The first-order valence-corrected chi connectivity index (χ1v) is 11.2. The number of aryl methyl sites for hydroxylation is 1. The van der Waals surface area contributed by atoms with Gasteiger partial charge in [0.2, 0.25) is 0 Å². The maximum absolute atomic E-state index is 13.0. The van der Waals surface area contributed by atoms with Gasteiger partial charge in [-0.3, -0.25) is 10.6 Å². The minimum absolute atomic E-state index is 0.125. The first kappa shape index (κ1) is 22.1. The van der Waals surface area contributed by atoms with E-state index in [2.05, 4.69) is 25.0 Å². The first-order valence-electron chi connectivity index (χ1n) is 10.4. The second-order valence-corrected chi connectivity index (χ2v) is 8.98. The molecule has 10 heteroatoms. The Kier molecular flexibility index (Phi) is 6.35. The molecule has 0 bridgehead atoms. The number of hydrogen-bond donors (Lipinski definition) is 4. The molecular formula is C22H28N8OS. The molecule has 0 saturated heterocycles. The van der Waals surface area contributed by atoms with Crippen LogP contribution in [0.25, 0.3) is 10.9 Å². The van der Waals surface area contributed by atoms with Crippen molar-refractivity contribution in [3.63, 3.8) is 0 Å². The van der Waals surface area contributed by atoms with Crippen molar-refractivity contribution in [3.8, 4) is 0 Å². The van der Waals surface area contributed by atoms with E-state index in [0.29, 0.717) is 18.8 Å². The summed E-state index contributed by atoms with van der Waals surface area (Å²) in [6, 6.07) is 7.82. The average molecular weight is 453 g/mol. The smallest absolute Gasteiger partial charge is 0.268 e. The SMILES string of the molecule is Cc1ncc2c(CNC(=O)c3cc(SN4CCC(N)=C(NN)C4)c(C)n3C)cccc2n1. The van der Waals surface area contributed by atoms with Gasteiger partial charge in [-0.25, -0.2) is 14.3 Å². The standard InChI is InChI=1S/C22H28N8OS/c1-13-21(32-30-8-7-17(23)19(12-30)28-24)9-20(29(13)3)22(31)26-10-15-5-4-6-18-16(15)11-25-14(2)27-18/h4-6,9,11,28H,7-8,10,12,23-24H2,1-3H3,(H,26,31). The molecule has 9 nitrogen and oxygen atoms in total. The van der Waals surface area contributed by atoms with Crippen LogP contribution in [0.5, 0.6) is 0 Å². The van der Waals surface area contributed by atoms with Gasteiger partial charge in [-0.1, -0.05) is 12.1 Å². The van der Waals surface area contributed by atoms with Gasteiger partial charge in [0, 0.05) is 54.4 Å². The van der Waals surface area contributed by atoms with E-state index in [1.54, 1.807) is 11.9 Å². The van der Waals surface area contributed by atoms with E-state index in [1.807, 2.05) is 55.9 Å². The van der Waals surface area contributed by atoms with E-state index in [0.717, 1.165) is 57.2 Å². The predicted molar refractivity (Wildman–Crippen MR) is 126 cm³/mol. The molecule has 3 heterocycles. The number of nitrogens with two attached hydrogens (primary N) is 2. The van der Waals surface area contributed by atoms with Crippen LogP contribution in [0.15, 0.2) is 46.8 Å². The Balaban J connectivity index is 1.47. The summed E-state index contributed by atoms with van der Waals surface area (Å²) >= 11 is 1.61. The van der Waals surface area contributed by atoms with Crippen molar-refractivity contribution >= 4 is 28.8 Å². The highest BCUT2D eigenvalue weighted by molar-refractivity contribution is 7.97. The summed E-state index contributed by atoms with van der Waals surface area (Å²) in [6.07, 6.45) is 2.56. The van der Waals surface area contributed by atoms with Gasteiger partial charge in [0.15, 0.2) is 0 Å². The highest BCUT2D eigenvalue weighted by Gasteiger charge is 2.22. The third-order valence-electron chi connectivity index (χ3n) is 5.75. The minimum atomic E-state index is -0.125. The number of nitrogens with one attached hydrogen (secondary N) is 2. The van der Waals surface area contributed by atoms with E-state index in [1.165, 1.54) is 0 Å². The normalized spacial score (nSPS) is 14.8. The van der Waals surface area contributed by atoms with Crippen LogP contribution in [0, 0.1) is 13.8 Å². The second-order valence-electron chi connectivity index (χ2n) is 7.84. The lowest BCUT2D eigenvalue weighted by Gasteiger charge is -2.27. The third kappa shape index (κ3) is 4.43. The highest BCUT2D eigenvalue weighted by Crippen LogP contribution is 2.31. The Bertz CT molecular complexity index is 1200. The van der Waals surface area contributed by atoms with E-state index in [9.17, 15) is 4.79 Å². The second kappa shape index (κ2) is 9.19. The molecule has 3 aromatic rings. The van der Waals surface area contributed by atoms with Crippen LogP contribution in [0.4, 0.5) is 0 Å². The molecule has 0 fully saturated rings. The number of benzene rings is 1. The van der Waals surface area contributed by atoms with E-state index >= 15 is 0 Å². The van der Waals surface area contributed by atoms with Crippen molar-refractivity contribution in [3.05, 3.63) is 64.6 Å². The van der Waals surface area contributed by atoms with Crippen LogP contribution >= 0.6 is 11.9 Å². The lowest BCUT2D eigenvalue weighted by molar-refractivity contribution is 0.0942. The van der Waals surface area contributed by atoms with E-state index < -0.39 is 0 Å². The largest absolute Gasteiger partial charge is 0.401 e. The quantitative estimate of drug-likeness (QED) is 0.254. The predicted octanol–water partition coefficient (Wildman–Crippen LogP) is 1.86. The molecule has 1 aromatic carbocycles. The number of aromatic nitrogens is 3. The van der Waals surface area contributed by atoms with Crippen LogP contribution < -0.4 is 22.3 Å². The topological polar surface area (TPSA) is 127 Å². The summed E-state index contributed by atoms with van der Waals surface area (Å²) < 4.78 is 4.11. The monoisotopic (exact) mass is 452 g/mol. The zero-order valence-electron chi connectivity index (χ0n) is 18.5. The number of amides is 1. The number of nitrogens with zero attached hydrogens (tertiary/aromatic N) is 4. The molecule has 0 atom stereocenters. The summed E-state index contributed by atoms with van der Waals surface area (Å²) in [4.78, 5) is 22.8. The Morgan fingerprint density at radius 3 is 2.91 bits per heavy atom. The molecule has 0 saturated carbocycles. The van der Waals surface area contributed by atoms with E-state index in [4.69, 9.17) is 11.6 Å². The van der Waals surface area contributed by atoms with Gasteiger partial charge in [0.05, 0.1) is 17.8 Å². The molecule has 0 radical (unpaired) electrons. The van der Waals surface area contributed by atoms with Gasteiger partial charge in [0.25, 0.3) is 5.91 Å². The highest BCUT2D eigenvalue weighted by atomic mass is 32.2. The molecule has 32 heavy (non-hydrogen) atoms. The summed E-state index contributed by atoms with van der Waals surface area (Å²) in [6.45, 7) is 5.73. The number of carbonyl (C=O) groups excluding carboxylic acids is 1. The number of rotatable bonds is 6. The van der Waals surface area contributed by atoms with Crippen molar-refractivity contribution in [1.29, 1.82) is 0 Å². The summed E-state index contributed by atoms with van der Waals surface area (Å²) in [7, 11) is 1.91. The first-order chi connectivity index (χ1) is 15.4. The Morgan fingerprint density at radius 2 is 2.12 bits per heavy atom. The minimum Gasteiger partial charge on any atom is -0.401 e. The van der Waals surface area contributed by atoms with Crippen molar-refractivity contribution in [2.45, 2.75) is 31.7 Å². The lowest BCUT2D eigenvalue weighted by atomic mass is 10.1. The van der Waals surface area contributed by atoms with Crippen LogP contribution in [0.3, 0.4) is 0 Å². The van der Waals surface area contributed by atoms with Crippen LogP contribution in [0.1, 0.15) is 34.0 Å². The van der Waals surface area contributed by atoms with Crippen molar-refractivity contribution in [1.82, 2.24) is 29.6 Å². The fraction of sp³-hybridized carbons (Fsp3) is 0.318. The number of hydrogen-bond acceptors (Lipinski definition) is 8. The fourth-order valence-corrected chi connectivity index (χ4v) is 4.81. The van der Waals surface area contributed by atoms with Gasteiger partial charge >= 0.3 is 0 Å². The molecule has 168 valence electrons. The Labute approximate surface area is 191 Å². The number of fused-ring (bicyclic) bond motifs is 1. The molecule has 0 aliphatic carbocycles. The fourth-order valence-electron chi connectivity index (χ4n) is 3.72. The average Bonchev–Trinajstić information content (AvgIpc) is 3.07. The molecule has 6 N–H and O–H groups in total. The zero-order chi connectivity index (χ0) is 22.8. The summed E-state index contributed by atoms with van der Waals surface area (Å²) in [5.74, 6) is 6.18. The summed E-state index contributed by atoms with van der Waals surface area (Å²) in [5, 5.41) is 3.98. The number of hydrazine groups is 1. The van der Waals surface area contributed by atoms with Gasteiger partial charge in [0.1, 0.15) is 11.5 Å². The molecule has 4 rings (SSSR count). The lowest BCUT2D eigenvalue weighted by Crippen LogP contribution is -2.37. The number of carbonyl (C=O) groups is 1. The maximum atomic E-state index is 13.0. The van der Waals surface area contributed by atoms with Crippen LogP contribution in [-0.2, 0) is 13.6 Å². The van der Waals surface area contributed by atoms with Crippen LogP contribution in [-0.4, -0.2) is 37.8 Å². The van der Waals surface area contributed by atoms with Gasteiger partial charge in [-0.2, -0.15) is 0 Å². The summed E-state index contributed by atoms with van der Waals surface area (Å²) in [5.41, 5.74) is 13.8. The van der Waals surface area contributed by atoms with Crippen molar-refractivity contribution in [2.24, 2.45) is 18.6 Å². The maximum Gasteiger partial charge on any atom is 0.268 e. The van der Waals surface area contributed by atoms with Crippen molar-refractivity contribution < 1.29 is 4.79 Å². The van der Waals surface area contributed by atoms with Crippen molar-refractivity contribution in [2.75, 3.05) is 13.1 Å². The molecular weight excluding hydrogens is 424 g/mol. The molecule has 0 unspecified atom stereocenters. The van der Waals surface area contributed by atoms with Gasteiger partial charge in [-0.05, 0) is 43.5 Å². The van der Waals surface area contributed by atoms with E-state index in [-0.39, 0.29) is 5.91 Å². The molecule has 1 aliphatic rings. The van der Waals surface area contributed by atoms with Gasteiger partial charge < -0.3 is 21.0 Å². The molecule has 1 amide bonds. The van der Waals surface area contributed by atoms with Crippen LogP contribution in [0.2, 0.25) is 0 Å².